The molecule has 0 aromatic carbocycles. The fourth-order valence-electron chi connectivity index (χ4n) is 1.78. The predicted molar refractivity (Wildman–Crippen MR) is 80.4 cm³/mol. The van der Waals surface area contributed by atoms with Crippen LogP contribution in [0.1, 0.15) is 23.0 Å². The zero-order valence-electron chi connectivity index (χ0n) is 12.1. The van der Waals surface area contributed by atoms with Crippen LogP contribution in [-0.4, -0.2) is 29.5 Å². The number of nitrogens with zero attached hydrogens (tertiary/aromatic N) is 2. The van der Waals surface area contributed by atoms with Crippen LogP contribution in [0.3, 0.4) is 0 Å². The Hall–Kier alpha value is -2.63. The lowest BCUT2D eigenvalue weighted by atomic mass is 10.2. The van der Waals surface area contributed by atoms with Gasteiger partial charge in [0.1, 0.15) is 5.69 Å². The van der Waals surface area contributed by atoms with Gasteiger partial charge in [0.05, 0.1) is 7.11 Å². The molecule has 2 aromatic rings. The van der Waals surface area contributed by atoms with Gasteiger partial charge in [-0.2, -0.15) is 0 Å². The van der Waals surface area contributed by atoms with Crippen molar-refractivity contribution in [2.24, 2.45) is 0 Å². The van der Waals surface area contributed by atoms with Gasteiger partial charge in [-0.1, -0.05) is 6.07 Å². The van der Waals surface area contributed by atoms with E-state index in [0.29, 0.717) is 18.1 Å². The number of hydrogen-bond donors (Lipinski definition) is 2. The third kappa shape index (κ3) is 4.17. The van der Waals surface area contributed by atoms with E-state index in [1.807, 2.05) is 19.1 Å². The lowest BCUT2D eigenvalue weighted by molar-refractivity contribution is 0.0946. The zero-order chi connectivity index (χ0) is 15.1. The van der Waals surface area contributed by atoms with E-state index in [1.165, 1.54) is 0 Å². The van der Waals surface area contributed by atoms with Crippen molar-refractivity contribution in [2.45, 2.75) is 13.5 Å². The molecule has 0 fully saturated rings. The Morgan fingerprint density at radius 1 is 1.29 bits per heavy atom. The Labute approximate surface area is 123 Å². The van der Waals surface area contributed by atoms with E-state index in [2.05, 4.69) is 20.6 Å². The Morgan fingerprint density at radius 2 is 2.14 bits per heavy atom. The van der Waals surface area contributed by atoms with Gasteiger partial charge >= 0.3 is 0 Å². The Morgan fingerprint density at radius 3 is 2.81 bits per heavy atom. The van der Waals surface area contributed by atoms with Crippen molar-refractivity contribution in [1.29, 1.82) is 0 Å². The first-order chi connectivity index (χ1) is 10.2. The highest BCUT2D eigenvalue weighted by Crippen LogP contribution is 2.09. The normalized spacial score (nSPS) is 10.0. The van der Waals surface area contributed by atoms with Crippen LogP contribution in [0.25, 0.3) is 0 Å². The summed E-state index contributed by atoms with van der Waals surface area (Å²) in [7, 11) is 1.56. The van der Waals surface area contributed by atoms with Crippen LogP contribution >= 0.6 is 0 Å². The van der Waals surface area contributed by atoms with Crippen LogP contribution in [0.2, 0.25) is 0 Å². The van der Waals surface area contributed by atoms with Gasteiger partial charge in [0.25, 0.3) is 5.91 Å². The van der Waals surface area contributed by atoms with Crippen molar-refractivity contribution < 1.29 is 9.53 Å². The Kier molecular flexibility index (Phi) is 5.09. The highest BCUT2D eigenvalue weighted by molar-refractivity contribution is 5.93. The summed E-state index contributed by atoms with van der Waals surface area (Å²) in [5, 5.41) is 5.96. The van der Waals surface area contributed by atoms with E-state index in [1.54, 1.807) is 31.6 Å². The van der Waals surface area contributed by atoms with Gasteiger partial charge in [-0.05, 0) is 24.6 Å². The molecule has 0 aliphatic carbocycles. The van der Waals surface area contributed by atoms with Gasteiger partial charge in [0.15, 0.2) is 0 Å². The first-order valence-corrected chi connectivity index (χ1v) is 6.70. The maximum absolute atomic E-state index is 12.1. The topological polar surface area (TPSA) is 76.1 Å². The van der Waals surface area contributed by atoms with E-state index in [4.69, 9.17) is 4.74 Å². The summed E-state index contributed by atoms with van der Waals surface area (Å²) >= 11 is 0. The first-order valence-electron chi connectivity index (χ1n) is 6.70. The third-order valence-electron chi connectivity index (χ3n) is 2.83. The molecule has 0 saturated heterocycles. The quantitative estimate of drug-likeness (QED) is 0.847. The smallest absolute Gasteiger partial charge is 0.270 e. The second kappa shape index (κ2) is 7.23. The molecule has 21 heavy (non-hydrogen) atoms. The molecule has 6 heteroatoms. The van der Waals surface area contributed by atoms with E-state index in [0.717, 1.165) is 17.8 Å². The monoisotopic (exact) mass is 286 g/mol. The largest absolute Gasteiger partial charge is 0.481 e. The number of nitrogens with one attached hydrogen (secondary N) is 2. The van der Waals surface area contributed by atoms with Gasteiger partial charge in [0.2, 0.25) is 5.88 Å². The average molecular weight is 286 g/mol. The molecule has 0 aliphatic heterocycles. The SMILES string of the molecule is CCNc1ccnc(C(=O)NCc2ccc(OC)nc2)c1. The summed E-state index contributed by atoms with van der Waals surface area (Å²) in [4.78, 5) is 20.2. The van der Waals surface area contributed by atoms with Crippen LogP contribution < -0.4 is 15.4 Å². The highest BCUT2D eigenvalue weighted by atomic mass is 16.5. The molecule has 6 nitrogen and oxygen atoms in total. The molecule has 2 N–H and O–H groups in total. The fraction of sp³-hybridized carbons (Fsp3) is 0.267. The molecule has 0 radical (unpaired) electrons. The number of carbonyl (C=O) groups is 1. The summed E-state index contributed by atoms with van der Waals surface area (Å²) in [6.07, 6.45) is 3.28. The van der Waals surface area contributed by atoms with Gasteiger partial charge in [-0.3, -0.25) is 9.78 Å². The second-order valence-corrected chi connectivity index (χ2v) is 4.35. The van der Waals surface area contributed by atoms with Gasteiger partial charge in [0, 0.05) is 37.2 Å². The third-order valence-corrected chi connectivity index (χ3v) is 2.83. The summed E-state index contributed by atoms with van der Waals surface area (Å²) in [5.74, 6) is 0.329. The minimum absolute atomic E-state index is 0.217. The molecule has 2 heterocycles. The highest BCUT2D eigenvalue weighted by Gasteiger charge is 2.07. The standard InChI is InChI=1S/C15H18N4O2/c1-3-16-12-6-7-17-13(8-12)15(20)19-10-11-4-5-14(21-2)18-9-11/h4-9H,3,10H2,1-2H3,(H,16,17)(H,19,20). The summed E-state index contributed by atoms with van der Waals surface area (Å²) in [5.41, 5.74) is 2.16. The van der Waals surface area contributed by atoms with Crippen LogP contribution in [0.5, 0.6) is 5.88 Å². The zero-order valence-corrected chi connectivity index (χ0v) is 12.1. The van der Waals surface area contributed by atoms with E-state index in [-0.39, 0.29) is 5.91 Å². The van der Waals surface area contributed by atoms with Crippen LogP contribution in [0.4, 0.5) is 5.69 Å². The molecule has 0 atom stereocenters. The van der Waals surface area contributed by atoms with E-state index < -0.39 is 0 Å². The summed E-state index contributed by atoms with van der Waals surface area (Å²) in [6, 6.07) is 7.17. The number of rotatable bonds is 6. The van der Waals surface area contributed by atoms with Gasteiger partial charge in [-0.25, -0.2) is 4.98 Å². The van der Waals surface area contributed by atoms with Crippen molar-refractivity contribution in [3.8, 4) is 5.88 Å². The molecule has 0 spiro atoms. The van der Waals surface area contributed by atoms with Gasteiger partial charge < -0.3 is 15.4 Å². The minimum Gasteiger partial charge on any atom is -0.481 e. The maximum Gasteiger partial charge on any atom is 0.270 e. The lowest BCUT2D eigenvalue weighted by Gasteiger charge is -2.07. The molecule has 0 saturated carbocycles. The average Bonchev–Trinajstić information content (AvgIpc) is 2.53. The summed E-state index contributed by atoms with van der Waals surface area (Å²) in [6.45, 7) is 3.18. The van der Waals surface area contributed by atoms with Gasteiger partial charge in [-0.15, -0.1) is 0 Å². The fourth-order valence-corrected chi connectivity index (χ4v) is 1.78. The van der Waals surface area contributed by atoms with Crippen molar-refractivity contribution in [3.63, 3.8) is 0 Å². The predicted octanol–water partition coefficient (Wildman–Crippen LogP) is 1.85. The molecule has 2 aromatic heterocycles. The van der Waals surface area contributed by atoms with Crippen molar-refractivity contribution in [2.75, 3.05) is 19.0 Å². The Balaban J connectivity index is 1.95. The molecule has 110 valence electrons. The molecule has 0 bridgehead atoms. The maximum atomic E-state index is 12.1. The van der Waals surface area contributed by atoms with Crippen LogP contribution in [-0.2, 0) is 6.54 Å². The first kappa shape index (κ1) is 14.8. The van der Waals surface area contributed by atoms with Crippen LogP contribution in [0.15, 0.2) is 36.7 Å². The second-order valence-electron chi connectivity index (χ2n) is 4.35. The number of aromatic nitrogens is 2. The number of ether oxygens (including phenoxy) is 1. The minimum atomic E-state index is -0.217. The van der Waals surface area contributed by atoms with E-state index >= 15 is 0 Å². The van der Waals surface area contributed by atoms with Crippen molar-refractivity contribution in [1.82, 2.24) is 15.3 Å². The molecule has 1 amide bonds. The number of hydrogen-bond acceptors (Lipinski definition) is 5. The van der Waals surface area contributed by atoms with E-state index in [9.17, 15) is 4.79 Å². The molecular formula is C15H18N4O2. The number of anilines is 1. The number of pyridine rings is 2. The number of carbonyl (C=O) groups excluding carboxylic acids is 1. The Bertz CT molecular complexity index is 599. The molecule has 0 unspecified atom stereocenters. The lowest BCUT2D eigenvalue weighted by Crippen LogP contribution is -2.24. The van der Waals surface area contributed by atoms with Crippen molar-refractivity contribution >= 4 is 11.6 Å². The molecular weight excluding hydrogens is 268 g/mol. The summed E-state index contributed by atoms with van der Waals surface area (Å²) < 4.78 is 4.98. The molecule has 2 rings (SSSR count). The van der Waals surface area contributed by atoms with Crippen molar-refractivity contribution in [3.05, 3.63) is 47.9 Å². The number of methoxy groups -OCH3 is 1. The number of amides is 1. The molecule has 0 aliphatic rings. The van der Waals surface area contributed by atoms with Crippen LogP contribution in [0, 0.1) is 0 Å².